The first-order valence-corrected chi connectivity index (χ1v) is 6.37. The minimum atomic E-state index is 0.154. The van der Waals surface area contributed by atoms with Crippen LogP contribution in [0.25, 0.3) is 0 Å². The molecule has 1 amide bonds. The van der Waals surface area contributed by atoms with Crippen molar-refractivity contribution in [3.05, 3.63) is 0 Å². The summed E-state index contributed by atoms with van der Waals surface area (Å²) in [6.45, 7) is 5.65. The summed E-state index contributed by atoms with van der Waals surface area (Å²) in [5.74, 6) is 0.744. The zero-order valence-corrected chi connectivity index (χ0v) is 11.5. The maximum absolute atomic E-state index is 11.3. The van der Waals surface area contributed by atoms with Gasteiger partial charge >= 0.3 is 0 Å². The van der Waals surface area contributed by atoms with E-state index < -0.39 is 0 Å². The molecule has 90 valence electrons. The highest BCUT2D eigenvalue weighted by molar-refractivity contribution is 9.09. The van der Waals surface area contributed by atoms with Gasteiger partial charge in [0, 0.05) is 24.9 Å². The van der Waals surface area contributed by atoms with E-state index in [1.54, 1.807) is 7.11 Å². The average molecular weight is 280 g/mol. The fourth-order valence-electron chi connectivity index (χ4n) is 1.14. The Hall–Kier alpha value is -0.0900. The first-order chi connectivity index (χ1) is 7.06. The molecule has 0 aliphatic rings. The van der Waals surface area contributed by atoms with Gasteiger partial charge in [-0.1, -0.05) is 29.8 Å². The van der Waals surface area contributed by atoms with Crippen LogP contribution >= 0.6 is 15.9 Å². The van der Waals surface area contributed by atoms with E-state index in [2.05, 4.69) is 35.1 Å². The summed E-state index contributed by atoms with van der Waals surface area (Å²) < 4.78 is 4.98. The number of amides is 1. The van der Waals surface area contributed by atoms with E-state index in [0.717, 1.165) is 19.4 Å². The Morgan fingerprint density at radius 2 is 2.07 bits per heavy atom. The normalized spacial score (nSPS) is 12.9. The van der Waals surface area contributed by atoms with Gasteiger partial charge in [0.05, 0.1) is 6.61 Å². The molecule has 0 rings (SSSR count). The number of alkyl halides is 1. The molecule has 15 heavy (non-hydrogen) atoms. The van der Waals surface area contributed by atoms with Gasteiger partial charge in [0.2, 0.25) is 5.91 Å². The Morgan fingerprint density at radius 1 is 1.40 bits per heavy atom. The van der Waals surface area contributed by atoms with Crippen LogP contribution in [-0.4, -0.2) is 31.0 Å². The number of hydrogen-bond donors (Lipinski definition) is 1. The van der Waals surface area contributed by atoms with E-state index in [0.29, 0.717) is 23.8 Å². The molecule has 1 unspecified atom stereocenters. The van der Waals surface area contributed by atoms with Crippen LogP contribution in [0.4, 0.5) is 0 Å². The highest BCUT2D eigenvalue weighted by atomic mass is 79.9. The molecule has 0 aliphatic heterocycles. The van der Waals surface area contributed by atoms with E-state index in [-0.39, 0.29) is 5.91 Å². The maximum atomic E-state index is 11.3. The van der Waals surface area contributed by atoms with Crippen LogP contribution in [0, 0.1) is 5.92 Å². The minimum Gasteiger partial charge on any atom is -0.384 e. The predicted molar refractivity (Wildman–Crippen MR) is 66.3 cm³/mol. The monoisotopic (exact) mass is 279 g/mol. The Morgan fingerprint density at radius 3 is 2.60 bits per heavy atom. The molecule has 0 aliphatic carbocycles. The van der Waals surface area contributed by atoms with Gasteiger partial charge in [-0.2, -0.15) is 0 Å². The van der Waals surface area contributed by atoms with E-state index in [1.165, 1.54) is 0 Å². The Bertz CT molecular complexity index is 174. The Balaban J connectivity index is 3.38. The largest absolute Gasteiger partial charge is 0.384 e. The van der Waals surface area contributed by atoms with Crippen LogP contribution in [0.15, 0.2) is 0 Å². The third-order valence-electron chi connectivity index (χ3n) is 2.08. The topological polar surface area (TPSA) is 38.3 Å². The van der Waals surface area contributed by atoms with Gasteiger partial charge in [0.1, 0.15) is 0 Å². The molecule has 1 N–H and O–H groups in total. The molecular weight excluding hydrogens is 258 g/mol. The number of methoxy groups -OCH3 is 1. The Labute approximate surface area is 101 Å². The number of rotatable bonds is 8. The zero-order valence-electron chi connectivity index (χ0n) is 9.88. The molecule has 0 saturated heterocycles. The van der Waals surface area contributed by atoms with Gasteiger partial charge in [-0.05, 0) is 18.8 Å². The average Bonchev–Trinajstić information content (AvgIpc) is 2.15. The molecule has 0 aromatic carbocycles. The second-order valence-electron chi connectivity index (χ2n) is 4.12. The van der Waals surface area contributed by atoms with E-state index in [1.807, 2.05) is 0 Å². The quantitative estimate of drug-likeness (QED) is 0.693. The van der Waals surface area contributed by atoms with E-state index in [4.69, 9.17) is 4.74 Å². The molecule has 4 heteroatoms. The summed E-state index contributed by atoms with van der Waals surface area (Å²) >= 11 is 3.47. The van der Waals surface area contributed by atoms with Gasteiger partial charge in [-0.3, -0.25) is 4.79 Å². The summed E-state index contributed by atoms with van der Waals surface area (Å²) in [5.41, 5.74) is 0. The lowest BCUT2D eigenvalue weighted by Crippen LogP contribution is -2.26. The molecule has 0 saturated carbocycles. The van der Waals surface area contributed by atoms with Crippen molar-refractivity contribution in [3.8, 4) is 0 Å². The summed E-state index contributed by atoms with van der Waals surface area (Å²) in [4.78, 5) is 11.7. The number of hydrogen-bond acceptors (Lipinski definition) is 2. The zero-order chi connectivity index (χ0) is 11.7. The van der Waals surface area contributed by atoms with Crippen LogP contribution in [0.5, 0.6) is 0 Å². The van der Waals surface area contributed by atoms with Crippen LogP contribution < -0.4 is 5.32 Å². The number of nitrogens with one attached hydrogen (secondary N) is 1. The van der Waals surface area contributed by atoms with Crippen molar-refractivity contribution >= 4 is 21.8 Å². The van der Waals surface area contributed by atoms with Crippen molar-refractivity contribution in [1.82, 2.24) is 5.32 Å². The van der Waals surface area contributed by atoms with Crippen LogP contribution in [0.3, 0.4) is 0 Å². The van der Waals surface area contributed by atoms with Crippen molar-refractivity contribution < 1.29 is 9.53 Å². The number of ether oxygens (including phenoxy) is 1. The first kappa shape index (κ1) is 14.9. The number of halogens is 1. The fourth-order valence-corrected chi connectivity index (χ4v) is 1.63. The van der Waals surface area contributed by atoms with Gasteiger partial charge in [0.15, 0.2) is 0 Å². The lowest BCUT2D eigenvalue weighted by atomic mass is 10.1. The fraction of sp³-hybridized carbons (Fsp3) is 0.909. The van der Waals surface area contributed by atoms with Crippen molar-refractivity contribution in [2.75, 3.05) is 20.3 Å². The van der Waals surface area contributed by atoms with Gasteiger partial charge in [-0.25, -0.2) is 0 Å². The standard InChI is InChI=1S/C11H22BrNO2/c1-9(2)4-5-11(14)13-7-6-10(12)8-15-3/h9-10H,4-8H2,1-3H3,(H,13,14). The third kappa shape index (κ3) is 10.2. The second-order valence-corrected chi connectivity index (χ2v) is 5.42. The summed E-state index contributed by atoms with van der Waals surface area (Å²) in [6.07, 6.45) is 2.50. The molecule has 0 bridgehead atoms. The predicted octanol–water partition coefficient (Wildman–Crippen LogP) is 2.34. The first-order valence-electron chi connectivity index (χ1n) is 5.46. The molecule has 0 fully saturated rings. The number of carbonyl (C=O) groups excluding carboxylic acids is 1. The number of carbonyl (C=O) groups is 1. The summed E-state index contributed by atoms with van der Waals surface area (Å²) in [5, 5.41) is 2.90. The van der Waals surface area contributed by atoms with Crippen molar-refractivity contribution in [2.24, 2.45) is 5.92 Å². The molecular formula is C11H22BrNO2. The van der Waals surface area contributed by atoms with Crippen molar-refractivity contribution in [3.63, 3.8) is 0 Å². The summed E-state index contributed by atoms with van der Waals surface area (Å²) in [7, 11) is 1.68. The lowest BCUT2D eigenvalue weighted by Gasteiger charge is -2.10. The van der Waals surface area contributed by atoms with Gasteiger partial charge in [0.25, 0.3) is 0 Å². The third-order valence-corrected chi connectivity index (χ3v) is 2.80. The van der Waals surface area contributed by atoms with Crippen LogP contribution in [0.2, 0.25) is 0 Å². The highest BCUT2D eigenvalue weighted by Gasteiger charge is 2.05. The molecule has 1 atom stereocenters. The molecule has 3 nitrogen and oxygen atoms in total. The Kier molecular flexibility index (Phi) is 9.10. The maximum Gasteiger partial charge on any atom is 0.220 e. The SMILES string of the molecule is COCC(Br)CCNC(=O)CCC(C)C. The van der Waals surface area contributed by atoms with Crippen molar-refractivity contribution in [2.45, 2.75) is 37.9 Å². The van der Waals surface area contributed by atoms with Crippen LogP contribution in [-0.2, 0) is 9.53 Å². The summed E-state index contributed by atoms with van der Waals surface area (Å²) in [6, 6.07) is 0. The van der Waals surface area contributed by atoms with Gasteiger partial charge < -0.3 is 10.1 Å². The highest BCUT2D eigenvalue weighted by Crippen LogP contribution is 2.05. The van der Waals surface area contributed by atoms with Crippen molar-refractivity contribution in [1.29, 1.82) is 0 Å². The smallest absolute Gasteiger partial charge is 0.220 e. The second kappa shape index (κ2) is 9.16. The van der Waals surface area contributed by atoms with E-state index >= 15 is 0 Å². The minimum absolute atomic E-state index is 0.154. The molecule has 0 spiro atoms. The molecule has 0 aromatic rings. The van der Waals surface area contributed by atoms with E-state index in [9.17, 15) is 4.79 Å². The van der Waals surface area contributed by atoms with Crippen LogP contribution in [0.1, 0.15) is 33.1 Å². The van der Waals surface area contributed by atoms with Gasteiger partial charge in [-0.15, -0.1) is 0 Å². The lowest BCUT2D eigenvalue weighted by molar-refractivity contribution is -0.121. The molecule has 0 radical (unpaired) electrons. The molecule has 0 aromatic heterocycles. The molecule has 0 heterocycles.